The number of rotatable bonds is 5. The van der Waals surface area contributed by atoms with Gasteiger partial charge in [-0.05, 0) is 23.3 Å². The Kier molecular flexibility index (Phi) is 5.31. The number of amides is 1. The molecule has 3 aromatic rings. The Labute approximate surface area is 169 Å². The van der Waals surface area contributed by atoms with E-state index in [1.165, 1.54) is 23.9 Å². The summed E-state index contributed by atoms with van der Waals surface area (Å²) in [7, 11) is 0. The van der Waals surface area contributed by atoms with E-state index >= 15 is 0 Å². The van der Waals surface area contributed by atoms with Crippen LogP contribution in [0.25, 0.3) is 0 Å². The Morgan fingerprint density at radius 3 is 2.38 bits per heavy atom. The second-order valence-corrected chi connectivity index (χ2v) is 7.77. The van der Waals surface area contributed by atoms with E-state index < -0.39 is 11.7 Å². The molecule has 1 aliphatic rings. The van der Waals surface area contributed by atoms with E-state index in [0.717, 1.165) is 17.7 Å². The molecule has 1 saturated heterocycles. The van der Waals surface area contributed by atoms with Gasteiger partial charge in [-0.1, -0.05) is 47.7 Å². The molecule has 1 aromatic heterocycles. The molecule has 9 heteroatoms. The van der Waals surface area contributed by atoms with Crippen LogP contribution >= 0.6 is 11.8 Å². The average Bonchev–Trinajstić information content (AvgIpc) is 3.29. The Morgan fingerprint density at radius 1 is 1.00 bits per heavy atom. The molecular formula is C20H17F3N4OS. The van der Waals surface area contributed by atoms with Gasteiger partial charge in [-0.2, -0.15) is 13.2 Å². The molecule has 0 unspecified atom stereocenters. The molecule has 0 aliphatic carbocycles. The Balaban J connectivity index is 1.47. The molecule has 0 N–H and O–H groups in total. The highest BCUT2D eigenvalue weighted by Crippen LogP contribution is 2.38. The van der Waals surface area contributed by atoms with Crippen LogP contribution in [0.2, 0.25) is 0 Å². The lowest BCUT2D eigenvalue weighted by atomic mass is 10.1. The summed E-state index contributed by atoms with van der Waals surface area (Å²) in [5, 5.41) is 8.05. The predicted molar refractivity (Wildman–Crippen MR) is 103 cm³/mol. The SMILES string of the molecule is O=C1CS[C@H](c2cn(Cc3ccc(C(F)(F)F)cc3)nn2)N1Cc1ccccc1. The van der Waals surface area contributed by atoms with Crippen LogP contribution in [0, 0.1) is 0 Å². The lowest BCUT2D eigenvalue weighted by molar-refractivity contribution is -0.137. The molecule has 1 amide bonds. The number of carbonyl (C=O) groups excluding carboxylic acids is 1. The third kappa shape index (κ3) is 4.45. The number of benzene rings is 2. The van der Waals surface area contributed by atoms with Gasteiger partial charge in [-0.15, -0.1) is 16.9 Å². The van der Waals surface area contributed by atoms with Crippen molar-refractivity contribution >= 4 is 17.7 Å². The van der Waals surface area contributed by atoms with E-state index in [1.807, 2.05) is 30.3 Å². The maximum atomic E-state index is 12.7. The molecule has 2 aromatic carbocycles. The van der Waals surface area contributed by atoms with Gasteiger partial charge in [0.2, 0.25) is 5.91 Å². The molecule has 1 atom stereocenters. The summed E-state index contributed by atoms with van der Waals surface area (Å²) in [5.41, 5.74) is 1.69. The normalized spacial score (nSPS) is 17.1. The van der Waals surface area contributed by atoms with Crippen molar-refractivity contribution in [3.63, 3.8) is 0 Å². The van der Waals surface area contributed by atoms with Gasteiger partial charge >= 0.3 is 6.18 Å². The topological polar surface area (TPSA) is 51.0 Å². The van der Waals surface area contributed by atoms with Crippen LogP contribution < -0.4 is 0 Å². The van der Waals surface area contributed by atoms with Crippen molar-refractivity contribution in [3.05, 3.63) is 83.2 Å². The van der Waals surface area contributed by atoms with Crippen molar-refractivity contribution in [1.82, 2.24) is 19.9 Å². The van der Waals surface area contributed by atoms with Crippen LogP contribution in [-0.4, -0.2) is 31.6 Å². The van der Waals surface area contributed by atoms with Crippen molar-refractivity contribution < 1.29 is 18.0 Å². The van der Waals surface area contributed by atoms with Crippen LogP contribution in [0.1, 0.15) is 27.8 Å². The molecule has 150 valence electrons. The number of thioether (sulfide) groups is 1. The second kappa shape index (κ2) is 7.90. The van der Waals surface area contributed by atoms with Crippen molar-refractivity contribution in [3.8, 4) is 0 Å². The van der Waals surface area contributed by atoms with Crippen molar-refractivity contribution in [2.75, 3.05) is 5.75 Å². The zero-order valence-corrected chi connectivity index (χ0v) is 16.0. The van der Waals surface area contributed by atoms with Crippen molar-refractivity contribution in [1.29, 1.82) is 0 Å². The van der Waals surface area contributed by atoms with E-state index in [9.17, 15) is 18.0 Å². The third-order valence-electron chi connectivity index (χ3n) is 4.60. The molecule has 0 bridgehead atoms. The highest BCUT2D eigenvalue weighted by atomic mass is 32.2. The van der Waals surface area contributed by atoms with E-state index in [4.69, 9.17) is 0 Å². The van der Waals surface area contributed by atoms with Crippen molar-refractivity contribution in [2.45, 2.75) is 24.6 Å². The number of alkyl halides is 3. The fourth-order valence-corrected chi connectivity index (χ4v) is 4.26. The van der Waals surface area contributed by atoms with Gasteiger partial charge in [-0.3, -0.25) is 4.79 Å². The molecule has 5 nitrogen and oxygen atoms in total. The quantitative estimate of drug-likeness (QED) is 0.626. The minimum absolute atomic E-state index is 0.0427. The van der Waals surface area contributed by atoms with E-state index in [1.54, 1.807) is 15.8 Å². The number of hydrogen-bond acceptors (Lipinski definition) is 4. The number of carbonyl (C=O) groups is 1. The first-order valence-electron chi connectivity index (χ1n) is 8.91. The number of halogens is 3. The maximum absolute atomic E-state index is 12.7. The summed E-state index contributed by atoms with van der Waals surface area (Å²) in [6.45, 7) is 0.790. The van der Waals surface area contributed by atoms with Gasteiger partial charge in [0.25, 0.3) is 0 Å². The summed E-state index contributed by atoms with van der Waals surface area (Å²) in [5.74, 6) is 0.421. The first-order chi connectivity index (χ1) is 13.9. The van der Waals surface area contributed by atoms with Crippen LogP contribution in [0.4, 0.5) is 13.2 Å². The minimum Gasteiger partial charge on any atom is -0.320 e. The molecule has 4 rings (SSSR count). The van der Waals surface area contributed by atoms with Crippen LogP contribution in [0.3, 0.4) is 0 Å². The molecule has 29 heavy (non-hydrogen) atoms. The third-order valence-corrected chi connectivity index (χ3v) is 5.82. The summed E-state index contributed by atoms with van der Waals surface area (Å²) in [6, 6.07) is 14.7. The van der Waals surface area contributed by atoms with Gasteiger partial charge in [0.15, 0.2) is 0 Å². The minimum atomic E-state index is -4.35. The van der Waals surface area contributed by atoms with E-state index in [-0.39, 0.29) is 11.3 Å². The Morgan fingerprint density at radius 2 is 1.69 bits per heavy atom. The summed E-state index contributed by atoms with van der Waals surface area (Å²) < 4.78 is 39.6. The van der Waals surface area contributed by atoms with Gasteiger partial charge < -0.3 is 4.90 Å². The molecular weight excluding hydrogens is 401 g/mol. The highest BCUT2D eigenvalue weighted by Gasteiger charge is 2.34. The molecule has 2 heterocycles. The summed E-state index contributed by atoms with van der Waals surface area (Å²) >= 11 is 1.49. The molecule has 1 fully saturated rings. The standard InChI is InChI=1S/C20H17F3N4OS/c21-20(22,23)16-8-6-15(7-9-16)10-26-12-17(24-25-26)19-27(18(28)13-29-19)11-14-4-2-1-3-5-14/h1-9,12,19H,10-11,13H2/t19-/m1/s1. The lowest BCUT2D eigenvalue weighted by Gasteiger charge is -2.22. The number of aromatic nitrogens is 3. The van der Waals surface area contributed by atoms with E-state index in [0.29, 0.717) is 30.1 Å². The van der Waals surface area contributed by atoms with Crippen molar-refractivity contribution in [2.24, 2.45) is 0 Å². The first kappa shape index (κ1) is 19.5. The van der Waals surface area contributed by atoms with Crippen LogP contribution in [-0.2, 0) is 24.1 Å². The van der Waals surface area contributed by atoms with Gasteiger partial charge in [0.05, 0.1) is 24.1 Å². The van der Waals surface area contributed by atoms with E-state index in [2.05, 4.69) is 10.3 Å². The maximum Gasteiger partial charge on any atom is 0.416 e. The summed E-state index contributed by atoms with van der Waals surface area (Å²) in [6.07, 6.45) is -2.61. The Bertz CT molecular complexity index is 989. The fourth-order valence-electron chi connectivity index (χ4n) is 3.14. The monoisotopic (exact) mass is 418 g/mol. The Hall–Kier alpha value is -2.81. The van der Waals surface area contributed by atoms with Gasteiger partial charge in [0, 0.05) is 6.54 Å². The van der Waals surface area contributed by atoms with Crippen LogP contribution in [0.15, 0.2) is 60.8 Å². The van der Waals surface area contributed by atoms with Gasteiger partial charge in [-0.25, -0.2) is 4.68 Å². The molecule has 1 aliphatic heterocycles. The number of nitrogens with zero attached hydrogens (tertiary/aromatic N) is 4. The van der Waals surface area contributed by atoms with Crippen LogP contribution in [0.5, 0.6) is 0 Å². The average molecular weight is 418 g/mol. The van der Waals surface area contributed by atoms with Gasteiger partial charge in [0.1, 0.15) is 11.1 Å². The number of hydrogen-bond donors (Lipinski definition) is 0. The molecule has 0 spiro atoms. The largest absolute Gasteiger partial charge is 0.416 e. The first-order valence-corrected chi connectivity index (χ1v) is 9.96. The second-order valence-electron chi connectivity index (χ2n) is 6.71. The molecule has 0 saturated carbocycles. The highest BCUT2D eigenvalue weighted by molar-refractivity contribution is 8.00. The smallest absolute Gasteiger partial charge is 0.320 e. The zero-order chi connectivity index (χ0) is 20.4. The lowest BCUT2D eigenvalue weighted by Crippen LogP contribution is -2.27. The summed E-state index contributed by atoms with van der Waals surface area (Å²) in [4.78, 5) is 14.1. The molecule has 0 radical (unpaired) electrons. The zero-order valence-electron chi connectivity index (χ0n) is 15.2. The fraction of sp³-hybridized carbons (Fsp3) is 0.250. The predicted octanol–water partition coefficient (Wildman–Crippen LogP) is 4.12.